The molecule has 0 aromatic heterocycles. The molecule has 1 atom stereocenters. The zero-order valence-electron chi connectivity index (χ0n) is 24.4. The molecular formula is C32H38Cl2N2O7. The number of urea groups is 1. The summed E-state index contributed by atoms with van der Waals surface area (Å²) >= 11 is 12.1. The summed E-state index contributed by atoms with van der Waals surface area (Å²) in [5, 5.41) is 13.4. The zero-order valence-corrected chi connectivity index (χ0v) is 25.9. The summed E-state index contributed by atoms with van der Waals surface area (Å²) in [5.74, 6) is 0.270. The fourth-order valence-electron chi connectivity index (χ4n) is 4.24. The molecular weight excluding hydrogens is 595 g/mol. The maximum absolute atomic E-state index is 13.2. The average Bonchev–Trinajstić information content (AvgIpc) is 2.98. The number of hydrogen-bond acceptors (Lipinski definition) is 6. The van der Waals surface area contributed by atoms with Gasteiger partial charge in [0.25, 0.3) is 0 Å². The van der Waals surface area contributed by atoms with Crippen LogP contribution in [-0.2, 0) is 27.3 Å². The van der Waals surface area contributed by atoms with E-state index in [1.54, 1.807) is 49.3 Å². The molecule has 43 heavy (non-hydrogen) atoms. The first-order chi connectivity index (χ1) is 20.8. The van der Waals surface area contributed by atoms with E-state index in [0.29, 0.717) is 60.1 Å². The predicted molar refractivity (Wildman–Crippen MR) is 168 cm³/mol. The molecule has 3 aromatic carbocycles. The van der Waals surface area contributed by atoms with Gasteiger partial charge in [0.1, 0.15) is 18.1 Å². The number of hydrogen-bond donors (Lipinski definition) is 2. The molecule has 0 aliphatic carbocycles. The third-order valence-electron chi connectivity index (χ3n) is 6.38. The van der Waals surface area contributed by atoms with Crippen molar-refractivity contribution in [1.29, 1.82) is 0 Å². The van der Waals surface area contributed by atoms with Crippen molar-refractivity contribution in [3.63, 3.8) is 0 Å². The van der Waals surface area contributed by atoms with E-state index in [1.807, 2.05) is 36.4 Å². The number of ether oxygens (including phenoxy) is 4. The Labute approximate surface area is 262 Å². The number of benzene rings is 3. The third kappa shape index (κ3) is 12.3. The van der Waals surface area contributed by atoms with Gasteiger partial charge in [-0.25, -0.2) is 9.59 Å². The Balaban J connectivity index is 1.51. The normalized spacial score (nSPS) is 11.5. The molecule has 0 saturated carbocycles. The summed E-state index contributed by atoms with van der Waals surface area (Å²) in [6, 6.07) is 19.4. The molecule has 11 heteroatoms. The Morgan fingerprint density at radius 3 is 2.33 bits per heavy atom. The van der Waals surface area contributed by atoms with Gasteiger partial charge in [0.15, 0.2) is 6.10 Å². The molecule has 3 rings (SSSR count). The summed E-state index contributed by atoms with van der Waals surface area (Å²) in [6.07, 6.45) is 0.840. The minimum Gasteiger partial charge on any atom is -0.497 e. The number of halogens is 2. The van der Waals surface area contributed by atoms with Crippen LogP contribution < -0.4 is 14.8 Å². The summed E-state index contributed by atoms with van der Waals surface area (Å²) in [6.45, 7) is 4.13. The van der Waals surface area contributed by atoms with E-state index < -0.39 is 12.1 Å². The molecule has 3 aromatic rings. The summed E-state index contributed by atoms with van der Waals surface area (Å²) < 4.78 is 22.2. The highest BCUT2D eigenvalue weighted by atomic mass is 35.5. The Morgan fingerprint density at radius 2 is 1.65 bits per heavy atom. The number of unbranched alkanes of at least 4 members (excludes halogenated alkanes) is 1. The number of rotatable bonds is 18. The number of amides is 2. The predicted octanol–water partition coefficient (Wildman–Crippen LogP) is 6.94. The summed E-state index contributed by atoms with van der Waals surface area (Å²) in [4.78, 5) is 26.2. The van der Waals surface area contributed by atoms with Crippen LogP contribution in [0.3, 0.4) is 0 Å². The fraction of sp³-hybridized carbons (Fsp3) is 0.375. The number of carbonyl (C=O) groups excluding carboxylic acids is 1. The van der Waals surface area contributed by atoms with Crippen LogP contribution in [0.1, 0.15) is 30.9 Å². The second kappa shape index (κ2) is 18.2. The van der Waals surface area contributed by atoms with Crippen LogP contribution in [0.5, 0.6) is 11.5 Å². The molecule has 0 spiro atoms. The first-order valence-corrected chi connectivity index (χ1v) is 14.8. The smallest absolute Gasteiger partial charge is 0.333 e. The number of carbonyl (C=O) groups is 2. The minimum atomic E-state index is -0.993. The number of aliphatic carboxylic acids is 1. The van der Waals surface area contributed by atoms with E-state index in [4.69, 9.17) is 42.1 Å². The van der Waals surface area contributed by atoms with E-state index in [1.165, 1.54) is 0 Å². The molecule has 0 aliphatic rings. The quantitative estimate of drug-likeness (QED) is 0.146. The van der Waals surface area contributed by atoms with E-state index in [2.05, 4.69) is 5.32 Å². The zero-order chi connectivity index (χ0) is 31.0. The number of carboxylic acids is 1. The molecule has 232 valence electrons. The Hall–Kier alpha value is -3.50. The van der Waals surface area contributed by atoms with E-state index >= 15 is 0 Å². The highest BCUT2D eigenvalue weighted by Gasteiger charge is 2.18. The Kier molecular flexibility index (Phi) is 14.4. The lowest BCUT2D eigenvalue weighted by Crippen LogP contribution is -2.38. The fourth-order valence-corrected chi connectivity index (χ4v) is 4.81. The molecule has 1 unspecified atom stereocenters. The van der Waals surface area contributed by atoms with Gasteiger partial charge in [-0.15, -0.1) is 0 Å². The van der Waals surface area contributed by atoms with Crippen molar-refractivity contribution in [1.82, 2.24) is 4.90 Å². The Morgan fingerprint density at radius 1 is 0.907 bits per heavy atom. The topological polar surface area (TPSA) is 107 Å². The molecule has 2 N–H and O–H groups in total. The number of methoxy groups -OCH3 is 1. The summed E-state index contributed by atoms with van der Waals surface area (Å²) in [5.41, 5.74) is 2.35. The first-order valence-electron chi connectivity index (χ1n) is 14.1. The average molecular weight is 634 g/mol. The van der Waals surface area contributed by atoms with Gasteiger partial charge in [-0.05, 0) is 73.4 Å². The van der Waals surface area contributed by atoms with E-state index in [0.717, 1.165) is 24.0 Å². The van der Waals surface area contributed by atoms with E-state index in [9.17, 15) is 14.7 Å². The van der Waals surface area contributed by atoms with Crippen LogP contribution in [-0.4, -0.2) is 68.1 Å². The minimum absolute atomic E-state index is 0.252. The second-order valence-corrected chi connectivity index (χ2v) is 10.5. The van der Waals surface area contributed by atoms with Gasteiger partial charge < -0.3 is 34.3 Å². The van der Waals surface area contributed by atoms with Crippen LogP contribution in [0, 0.1) is 0 Å². The monoisotopic (exact) mass is 632 g/mol. The molecule has 0 aliphatic heterocycles. The maximum Gasteiger partial charge on any atom is 0.333 e. The Bertz CT molecular complexity index is 1290. The van der Waals surface area contributed by atoms with Gasteiger partial charge in [-0.2, -0.15) is 0 Å². The third-order valence-corrected chi connectivity index (χ3v) is 6.82. The van der Waals surface area contributed by atoms with Crippen molar-refractivity contribution in [3.8, 4) is 11.5 Å². The lowest BCUT2D eigenvalue weighted by atomic mass is 10.1. The van der Waals surface area contributed by atoms with Crippen molar-refractivity contribution in [2.45, 2.75) is 38.9 Å². The van der Waals surface area contributed by atoms with Gasteiger partial charge >= 0.3 is 12.0 Å². The molecule has 0 bridgehead atoms. The van der Waals surface area contributed by atoms with Crippen molar-refractivity contribution in [2.75, 3.05) is 45.3 Å². The van der Waals surface area contributed by atoms with Gasteiger partial charge in [0.05, 0.1) is 20.3 Å². The van der Waals surface area contributed by atoms with Gasteiger partial charge in [-0.1, -0.05) is 41.4 Å². The highest BCUT2D eigenvalue weighted by Crippen LogP contribution is 2.20. The molecule has 9 nitrogen and oxygen atoms in total. The molecule has 0 radical (unpaired) electrons. The molecule has 2 amide bonds. The lowest BCUT2D eigenvalue weighted by Gasteiger charge is -2.23. The van der Waals surface area contributed by atoms with Crippen molar-refractivity contribution >= 4 is 40.9 Å². The van der Waals surface area contributed by atoms with Crippen LogP contribution in [0.25, 0.3) is 0 Å². The largest absolute Gasteiger partial charge is 0.497 e. The highest BCUT2D eigenvalue weighted by molar-refractivity contribution is 6.34. The van der Waals surface area contributed by atoms with Gasteiger partial charge in [-0.3, -0.25) is 0 Å². The number of nitrogens with one attached hydrogen (secondary N) is 1. The standard InChI is InChI=1S/C32H38Cl2N2O7/c1-3-42-30(31(37)38)19-23-9-11-28(12-10-23)43-16-14-36(32(39)35-27-7-6-8-29(21-27)40-2)13-4-5-15-41-22-24-17-25(33)20-26(34)18-24/h6-12,17-18,20-21,30H,3-5,13-16,19,22H2,1-2H3,(H,35,39)(H,37,38). The van der Waals surface area contributed by atoms with Crippen LogP contribution >= 0.6 is 23.2 Å². The second-order valence-electron chi connectivity index (χ2n) is 9.67. The lowest BCUT2D eigenvalue weighted by molar-refractivity contribution is -0.149. The summed E-state index contributed by atoms with van der Waals surface area (Å²) in [7, 11) is 1.57. The number of nitrogens with zero attached hydrogens (tertiary/aromatic N) is 1. The first kappa shape index (κ1) is 34.0. The van der Waals surface area contributed by atoms with Crippen molar-refractivity contribution < 1.29 is 33.6 Å². The number of carboxylic acid groups (broad SMARTS) is 1. The van der Waals surface area contributed by atoms with Gasteiger partial charge in [0, 0.05) is 48.0 Å². The molecule has 0 fully saturated rings. The van der Waals surface area contributed by atoms with E-state index in [-0.39, 0.29) is 19.1 Å². The van der Waals surface area contributed by atoms with Crippen LogP contribution in [0.4, 0.5) is 10.5 Å². The molecule has 0 heterocycles. The van der Waals surface area contributed by atoms with Crippen LogP contribution in [0.15, 0.2) is 66.7 Å². The number of anilines is 1. The SMILES string of the molecule is CCOC(Cc1ccc(OCCN(CCCCOCc2cc(Cl)cc(Cl)c2)C(=O)Nc2cccc(OC)c2)cc1)C(=O)O. The van der Waals surface area contributed by atoms with Crippen molar-refractivity contribution in [3.05, 3.63) is 87.9 Å². The van der Waals surface area contributed by atoms with Gasteiger partial charge in [0.2, 0.25) is 0 Å². The van der Waals surface area contributed by atoms with Crippen molar-refractivity contribution in [2.24, 2.45) is 0 Å². The molecule has 0 saturated heterocycles. The maximum atomic E-state index is 13.2. The van der Waals surface area contributed by atoms with Crippen LogP contribution in [0.2, 0.25) is 10.0 Å².